The summed E-state index contributed by atoms with van der Waals surface area (Å²) < 4.78 is 9.74. The summed E-state index contributed by atoms with van der Waals surface area (Å²) in [6.07, 6.45) is 0. The lowest BCUT2D eigenvalue weighted by Gasteiger charge is -2.09. The Morgan fingerprint density at radius 3 is 2.46 bits per heavy atom. The normalized spacial score (nSPS) is 10.4. The lowest BCUT2D eigenvalue weighted by atomic mass is 10.2. The van der Waals surface area contributed by atoms with E-state index in [1.54, 1.807) is 18.7 Å². The van der Waals surface area contributed by atoms with Crippen molar-refractivity contribution in [3.05, 3.63) is 53.6 Å². The van der Waals surface area contributed by atoms with Crippen molar-refractivity contribution in [2.75, 3.05) is 25.1 Å². The molecule has 0 aliphatic heterocycles. The summed E-state index contributed by atoms with van der Waals surface area (Å²) in [5.41, 5.74) is 3.11. The SMILES string of the molecule is CCOCC(=O)OCC(=O)Nc1ccc(Sc2cc(C)ccc2C)cc1. The Labute approximate surface area is 158 Å². The zero-order chi connectivity index (χ0) is 18.9. The van der Waals surface area contributed by atoms with Crippen molar-refractivity contribution in [2.45, 2.75) is 30.6 Å². The van der Waals surface area contributed by atoms with E-state index in [9.17, 15) is 9.59 Å². The number of esters is 1. The minimum Gasteiger partial charge on any atom is -0.454 e. The fourth-order valence-corrected chi connectivity index (χ4v) is 3.12. The summed E-state index contributed by atoms with van der Waals surface area (Å²) >= 11 is 1.68. The average Bonchev–Trinajstić information content (AvgIpc) is 2.63. The Hall–Kier alpha value is -2.31. The van der Waals surface area contributed by atoms with Gasteiger partial charge in [0.15, 0.2) is 6.61 Å². The van der Waals surface area contributed by atoms with Gasteiger partial charge < -0.3 is 14.8 Å². The van der Waals surface area contributed by atoms with Crippen molar-refractivity contribution in [3.63, 3.8) is 0 Å². The smallest absolute Gasteiger partial charge is 0.332 e. The second-order valence-corrected chi connectivity index (χ2v) is 6.86. The lowest BCUT2D eigenvalue weighted by molar-refractivity contribution is -0.151. The molecule has 2 aromatic rings. The van der Waals surface area contributed by atoms with Crippen LogP contribution in [0.4, 0.5) is 5.69 Å². The molecule has 6 heteroatoms. The molecule has 0 unspecified atom stereocenters. The number of amides is 1. The molecule has 0 heterocycles. The number of benzene rings is 2. The van der Waals surface area contributed by atoms with Gasteiger partial charge in [0.1, 0.15) is 6.61 Å². The van der Waals surface area contributed by atoms with Gasteiger partial charge in [-0.1, -0.05) is 23.9 Å². The molecule has 138 valence electrons. The van der Waals surface area contributed by atoms with Crippen LogP contribution in [0.2, 0.25) is 0 Å². The summed E-state index contributed by atoms with van der Waals surface area (Å²) in [5.74, 6) is -0.938. The van der Waals surface area contributed by atoms with Crippen LogP contribution in [0.15, 0.2) is 52.3 Å². The quantitative estimate of drug-likeness (QED) is 0.709. The number of ether oxygens (including phenoxy) is 2. The number of carbonyl (C=O) groups excluding carboxylic acids is 2. The Morgan fingerprint density at radius 1 is 1.04 bits per heavy atom. The van der Waals surface area contributed by atoms with Crippen LogP contribution in [0.5, 0.6) is 0 Å². The maximum atomic E-state index is 11.8. The molecule has 0 bridgehead atoms. The van der Waals surface area contributed by atoms with Gasteiger partial charge >= 0.3 is 5.97 Å². The molecule has 0 aromatic heterocycles. The Kier molecular flexibility index (Phi) is 7.69. The van der Waals surface area contributed by atoms with E-state index in [0.29, 0.717) is 12.3 Å². The van der Waals surface area contributed by atoms with E-state index < -0.39 is 5.97 Å². The second kappa shape index (κ2) is 9.99. The first kappa shape index (κ1) is 20.0. The van der Waals surface area contributed by atoms with Gasteiger partial charge in [-0.05, 0) is 62.2 Å². The van der Waals surface area contributed by atoms with Gasteiger partial charge in [-0.3, -0.25) is 4.79 Å². The molecule has 0 saturated carbocycles. The summed E-state index contributed by atoms with van der Waals surface area (Å²) in [5, 5.41) is 2.70. The molecule has 0 spiro atoms. The van der Waals surface area contributed by atoms with Crippen LogP contribution in [0, 0.1) is 13.8 Å². The topological polar surface area (TPSA) is 64.6 Å². The highest BCUT2D eigenvalue weighted by Gasteiger charge is 2.08. The molecule has 2 rings (SSSR count). The van der Waals surface area contributed by atoms with Gasteiger partial charge in [0.05, 0.1) is 0 Å². The Balaban J connectivity index is 1.86. The van der Waals surface area contributed by atoms with Gasteiger partial charge in [0, 0.05) is 22.1 Å². The first-order valence-electron chi connectivity index (χ1n) is 8.36. The van der Waals surface area contributed by atoms with Crippen molar-refractivity contribution >= 4 is 29.3 Å². The molecule has 0 aliphatic carbocycles. The van der Waals surface area contributed by atoms with Crippen molar-refractivity contribution in [1.82, 2.24) is 0 Å². The Bertz CT molecular complexity index is 759. The van der Waals surface area contributed by atoms with Crippen LogP contribution in [0.25, 0.3) is 0 Å². The molecule has 2 aromatic carbocycles. The molecular formula is C20H23NO4S. The molecule has 0 saturated heterocycles. The molecule has 1 N–H and O–H groups in total. The highest BCUT2D eigenvalue weighted by atomic mass is 32.2. The maximum absolute atomic E-state index is 11.8. The van der Waals surface area contributed by atoms with Crippen molar-refractivity contribution in [1.29, 1.82) is 0 Å². The predicted octanol–water partition coefficient (Wildman–Crippen LogP) is 3.97. The van der Waals surface area contributed by atoms with E-state index in [-0.39, 0.29) is 19.1 Å². The number of rotatable bonds is 8. The zero-order valence-corrected chi connectivity index (χ0v) is 16.0. The van der Waals surface area contributed by atoms with Gasteiger partial charge in [-0.2, -0.15) is 0 Å². The second-order valence-electron chi connectivity index (χ2n) is 5.74. The molecule has 26 heavy (non-hydrogen) atoms. The monoisotopic (exact) mass is 373 g/mol. The van der Waals surface area contributed by atoms with Crippen LogP contribution >= 0.6 is 11.8 Å². The average molecular weight is 373 g/mol. The lowest BCUT2D eigenvalue weighted by Crippen LogP contribution is -2.22. The van der Waals surface area contributed by atoms with E-state index in [0.717, 1.165) is 4.90 Å². The number of hydrogen-bond acceptors (Lipinski definition) is 5. The molecule has 0 fully saturated rings. The third-order valence-electron chi connectivity index (χ3n) is 3.50. The summed E-state index contributed by atoms with van der Waals surface area (Å²) in [7, 11) is 0. The molecule has 0 atom stereocenters. The molecule has 1 amide bonds. The van der Waals surface area contributed by atoms with E-state index in [1.165, 1.54) is 16.0 Å². The molecule has 0 aliphatic rings. The number of nitrogens with one attached hydrogen (secondary N) is 1. The van der Waals surface area contributed by atoms with E-state index in [1.807, 2.05) is 24.3 Å². The largest absolute Gasteiger partial charge is 0.454 e. The number of anilines is 1. The van der Waals surface area contributed by atoms with Crippen molar-refractivity contribution < 1.29 is 19.1 Å². The summed E-state index contributed by atoms with van der Waals surface area (Å²) in [6, 6.07) is 13.9. The third kappa shape index (κ3) is 6.54. The molecule has 5 nitrogen and oxygen atoms in total. The molecular weight excluding hydrogens is 350 g/mol. The van der Waals surface area contributed by atoms with Gasteiger partial charge in [-0.25, -0.2) is 4.79 Å². The fourth-order valence-electron chi connectivity index (χ4n) is 2.12. The minimum atomic E-state index is -0.553. The van der Waals surface area contributed by atoms with Crippen LogP contribution in [-0.2, 0) is 19.1 Å². The van der Waals surface area contributed by atoms with E-state index >= 15 is 0 Å². The van der Waals surface area contributed by atoms with Crippen LogP contribution in [0.1, 0.15) is 18.1 Å². The zero-order valence-electron chi connectivity index (χ0n) is 15.2. The highest BCUT2D eigenvalue weighted by Crippen LogP contribution is 2.31. The highest BCUT2D eigenvalue weighted by molar-refractivity contribution is 7.99. The van der Waals surface area contributed by atoms with E-state index in [4.69, 9.17) is 9.47 Å². The summed E-state index contributed by atoms with van der Waals surface area (Å²) in [6.45, 7) is 5.89. The maximum Gasteiger partial charge on any atom is 0.332 e. The standard InChI is InChI=1S/C20H23NO4S/c1-4-24-13-20(23)25-12-19(22)21-16-7-9-17(10-8-16)26-18-11-14(2)5-6-15(18)3/h5-11H,4,12-13H2,1-3H3,(H,21,22). The third-order valence-corrected chi connectivity index (χ3v) is 4.67. The van der Waals surface area contributed by atoms with Crippen molar-refractivity contribution in [3.8, 4) is 0 Å². The number of hydrogen-bond donors (Lipinski definition) is 1. The van der Waals surface area contributed by atoms with Gasteiger partial charge in [-0.15, -0.1) is 0 Å². The Morgan fingerprint density at radius 2 is 1.77 bits per heavy atom. The van der Waals surface area contributed by atoms with Gasteiger partial charge in [0.25, 0.3) is 5.91 Å². The number of aryl methyl sites for hydroxylation is 2. The predicted molar refractivity (Wildman–Crippen MR) is 103 cm³/mol. The van der Waals surface area contributed by atoms with Crippen LogP contribution in [0.3, 0.4) is 0 Å². The van der Waals surface area contributed by atoms with Gasteiger partial charge in [0.2, 0.25) is 0 Å². The number of carbonyl (C=O) groups is 2. The first-order valence-corrected chi connectivity index (χ1v) is 9.18. The van der Waals surface area contributed by atoms with Crippen molar-refractivity contribution in [2.24, 2.45) is 0 Å². The first-order chi connectivity index (χ1) is 12.5. The van der Waals surface area contributed by atoms with E-state index in [2.05, 4.69) is 37.4 Å². The minimum absolute atomic E-state index is 0.145. The molecule has 0 radical (unpaired) electrons. The van der Waals surface area contributed by atoms with Crippen LogP contribution in [-0.4, -0.2) is 31.7 Å². The summed E-state index contributed by atoms with van der Waals surface area (Å²) in [4.78, 5) is 25.4. The fraction of sp³-hybridized carbons (Fsp3) is 0.300. The van der Waals surface area contributed by atoms with Crippen LogP contribution < -0.4 is 5.32 Å².